The third kappa shape index (κ3) is 3.82. The lowest BCUT2D eigenvalue weighted by molar-refractivity contribution is 0.0764. The van der Waals surface area contributed by atoms with Crippen molar-refractivity contribution >= 4 is 34.3 Å². The summed E-state index contributed by atoms with van der Waals surface area (Å²) in [5, 5.41) is 12.2. The highest BCUT2D eigenvalue weighted by Gasteiger charge is 2.16. The molecule has 0 bridgehead atoms. The number of aromatic nitrogens is 4. The first-order valence-electron chi connectivity index (χ1n) is 7.78. The van der Waals surface area contributed by atoms with E-state index in [0.29, 0.717) is 36.4 Å². The van der Waals surface area contributed by atoms with Gasteiger partial charge in [-0.2, -0.15) is 10.3 Å². The molecule has 3 heterocycles. The minimum absolute atomic E-state index is 0.00197. The summed E-state index contributed by atoms with van der Waals surface area (Å²) in [4.78, 5) is 32.8. The molecule has 25 heavy (non-hydrogen) atoms. The van der Waals surface area contributed by atoms with E-state index in [1.165, 1.54) is 11.3 Å². The van der Waals surface area contributed by atoms with Crippen molar-refractivity contribution in [3.63, 3.8) is 0 Å². The summed E-state index contributed by atoms with van der Waals surface area (Å²) in [5.41, 5.74) is 1.36. The molecular formula is C16H18N6O2S. The van der Waals surface area contributed by atoms with Crippen LogP contribution >= 0.6 is 11.3 Å². The van der Waals surface area contributed by atoms with Crippen LogP contribution in [0, 0.1) is 0 Å². The second kappa shape index (κ2) is 7.39. The normalized spacial score (nSPS) is 10.8. The van der Waals surface area contributed by atoms with Crippen molar-refractivity contribution in [1.29, 1.82) is 0 Å². The number of aromatic amines is 1. The Labute approximate surface area is 148 Å². The Bertz CT molecular complexity index is 876. The highest BCUT2D eigenvalue weighted by molar-refractivity contribution is 7.12. The Morgan fingerprint density at radius 2 is 1.84 bits per heavy atom. The van der Waals surface area contributed by atoms with Gasteiger partial charge in [-0.25, -0.2) is 4.98 Å². The number of rotatable bonds is 6. The maximum absolute atomic E-state index is 12.4. The number of hydrogen-bond acceptors (Lipinski definition) is 6. The minimum atomic E-state index is -0.183. The Kier molecular flexibility index (Phi) is 5.03. The van der Waals surface area contributed by atoms with E-state index in [1.54, 1.807) is 36.0 Å². The summed E-state index contributed by atoms with van der Waals surface area (Å²) >= 11 is 1.43. The zero-order valence-electron chi connectivity index (χ0n) is 14.0. The second-order valence-electron chi connectivity index (χ2n) is 5.65. The van der Waals surface area contributed by atoms with Gasteiger partial charge in [0.2, 0.25) is 5.65 Å². The number of carbonyl (C=O) groups excluding carboxylic acids is 2. The summed E-state index contributed by atoms with van der Waals surface area (Å²) < 4.78 is 0. The molecule has 0 aliphatic carbocycles. The number of fused-ring (bicyclic) bond motifs is 1. The van der Waals surface area contributed by atoms with Gasteiger partial charge in [-0.05, 0) is 30.0 Å². The zero-order valence-corrected chi connectivity index (χ0v) is 14.8. The van der Waals surface area contributed by atoms with E-state index in [0.717, 1.165) is 4.88 Å². The number of thiophene rings is 1. The molecule has 3 aromatic heterocycles. The molecule has 0 spiro atoms. The van der Waals surface area contributed by atoms with E-state index in [2.05, 4.69) is 20.4 Å². The largest absolute Gasteiger partial charge is 0.341 e. The van der Waals surface area contributed by atoms with Crippen LogP contribution in [0.3, 0.4) is 0 Å². The fourth-order valence-electron chi connectivity index (χ4n) is 2.39. The zero-order chi connectivity index (χ0) is 17.8. The molecule has 0 aliphatic heterocycles. The lowest BCUT2D eigenvalue weighted by Crippen LogP contribution is -2.32. The molecule has 0 saturated heterocycles. The van der Waals surface area contributed by atoms with Crippen LogP contribution in [0.25, 0.3) is 11.2 Å². The average molecular weight is 358 g/mol. The lowest BCUT2D eigenvalue weighted by atomic mass is 10.3. The van der Waals surface area contributed by atoms with Crippen molar-refractivity contribution in [3.05, 3.63) is 40.2 Å². The molecule has 0 aliphatic rings. The summed E-state index contributed by atoms with van der Waals surface area (Å²) in [6, 6.07) is 7.01. The van der Waals surface area contributed by atoms with E-state index < -0.39 is 0 Å². The van der Waals surface area contributed by atoms with Crippen molar-refractivity contribution in [3.8, 4) is 0 Å². The standard InChI is InChI=1S/C16H18N6O2S/c1-21(8-4-9-22(2)16(24)13-5-3-10-25-13)15(23)12-7-6-11-14(17-12)19-20-18-11/h3,5-7,10H,4,8-9H2,1-2H3,(H,17,18,19,20). The molecule has 3 aromatic rings. The maximum Gasteiger partial charge on any atom is 0.272 e. The molecule has 3 rings (SSSR count). The van der Waals surface area contributed by atoms with E-state index in [9.17, 15) is 9.59 Å². The molecule has 0 fully saturated rings. The van der Waals surface area contributed by atoms with Gasteiger partial charge in [0.15, 0.2) is 0 Å². The second-order valence-corrected chi connectivity index (χ2v) is 6.59. The number of carbonyl (C=O) groups is 2. The smallest absolute Gasteiger partial charge is 0.272 e. The van der Waals surface area contributed by atoms with Gasteiger partial charge in [-0.3, -0.25) is 9.59 Å². The molecule has 0 atom stereocenters. The van der Waals surface area contributed by atoms with E-state index in [4.69, 9.17) is 0 Å². The fraction of sp³-hybridized carbons (Fsp3) is 0.312. The van der Waals surface area contributed by atoms with E-state index in [-0.39, 0.29) is 11.8 Å². The molecule has 9 heteroatoms. The number of nitrogens with one attached hydrogen (secondary N) is 1. The van der Waals surface area contributed by atoms with Crippen LogP contribution in [0.4, 0.5) is 0 Å². The Morgan fingerprint density at radius 3 is 2.56 bits per heavy atom. The predicted octanol–water partition coefficient (Wildman–Crippen LogP) is 1.65. The van der Waals surface area contributed by atoms with Crippen LogP contribution in [-0.2, 0) is 0 Å². The molecule has 0 saturated carbocycles. The van der Waals surface area contributed by atoms with Gasteiger partial charge in [-0.1, -0.05) is 6.07 Å². The monoisotopic (exact) mass is 358 g/mol. The third-order valence-electron chi connectivity index (χ3n) is 3.81. The number of pyridine rings is 1. The first kappa shape index (κ1) is 17.0. The third-order valence-corrected chi connectivity index (χ3v) is 4.67. The average Bonchev–Trinajstić information content (AvgIpc) is 3.30. The number of H-pyrrole nitrogens is 1. The first-order valence-corrected chi connectivity index (χ1v) is 8.66. The van der Waals surface area contributed by atoms with Crippen LogP contribution in [0.2, 0.25) is 0 Å². The van der Waals surface area contributed by atoms with Crippen molar-refractivity contribution in [1.82, 2.24) is 30.2 Å². The molecule has 0 unspecified atom stereocenters. The van der Waals surface area contributed by atoms with Crippen LogP contribution in [-0.4, -0.2) is 69.2 Å². The van der Waals surface area contributed by atoms with Gasteiger partial charge in [0.1, 0.15) is 11.2 Å². The molecular weight excluding hydrogens is 340 g/mol. The highest BCUT2D eigenvalue weighted by Crippen LogP contribution is 2.12. The van der Waals surface area contributed by atoms with Crippen molar-refractivity contribution in [2.24, 2.45) is 0 Å². The molecule has 0 aromatic carbocycles. The molecule has 2 amide bonds. The van der Waals surface area contributed by atoms with Gasteiger partial charge in [-0.15, -0.1) is 16.4 Å². The van der Waals surface area contributed by atoms with Crippen molar-refractivity contribution < 1.29 is 9.59 Å². The molecule has 1 N–H and O–H groups in total. The predicted molar refractivity (Wildman–Crippen MR) is 94.5 cm³/mol. The van der Waals surface area contributed by atoms with Crippen LogP contribution in [0.5, 0.6) is 0 Å². The van der Waals surface area contributed by atoms with Crippen LogP contribution in [0.15, 0.2) is 29.6 Å². The highest BCUT2D eigenvalue weighted by atomic mass is 32.1. The topological polar surface area (TPSA) is 95.1 Å². The molecule has 130 valence electrons. The minimum Gasteiger partial charge on any atom is -0.341 e. The molecule has 0 radical (unpaired) electrons. The Morgan fingerprint density at radius 1 is 1.08 bits per heavy atom. The number of nitrogens with zero attached hydrogens (tertiary/aromatic N) is 5. The molecule has 8 nitrogen and oxygen atoms in total. The van der Waals surface area contributed by atoms with Crippen LogP contribution < -0.4 is 0 Å². The Balaban J connectivity index is 1.52. The van der Waals surface area contributed by atoms with Gasteiger partial charge >= 0.3 is 0 Å². The van der Waals surface area contributed by atoms with E-state index in [1.807, 2.05) is 17.5 Å². The summed E-state index contributed by atoms with van der Waals surface area (Å²) in [6.45, 7) is 1.10. The summed E-state index contributed by atoms with van der Waals surface area (Å²) in [5.74, 6) is -0.181. The summed E-state index contributed by atoms with van der Waals surface area (Å²) in [6.07, 6.45) is 0.683. The van der Waals surface area contributed by atoms with Crippen molar-refractivity contribution in [2.45, 2.75) is 6.42 Å². The first-order chi connectivity index (χ1) is 12.1. The van der Waals surface area contributed by atoms with Gasteiger partial charge < -0.3 is 9.80 Å². The summed E-state index contributed by atoms with van der Waals surface area (Å²) in [7, 11) is 3.49. The van der Waals surface area contributed by atoms with Gasteiger partial charge in [0.05, 0.1) is 4.88 Å². The van der Waals surface area contributed by atoms with Gasteiger partial charge in [0.25, 0.3) is 11.8 Å². The SMILES string of the molecule is CN(CCCN(C)C(=O)c1cccs1)C(=O)c1ccc2n[nH]nc2n1. The lowest BCUT2D eigenvalue weighted by Gasteiger charge is -2.20. The maximum atomic E-state index is 12.4. The van der Waals surface area contributed by atoms with Gasteiger partial charge in [0, 0.05) is 27.2 Å². The fourth-order valence-corrected chi connectivity index (χ4v) is 3.11. The Hall–Kier alpha value is -2.81. The number of hydrogen-bond donors (Lipinski definition) is 1. The quantitative estimate of drug-likeness (QED) is 0.723. The van der Waals surface area contributed by atoms with Crippen LogP contribution in [0.1, 0.15) is 26.6 Å². The van der Waals surface area contributed by atoms with Crippen molar-refractivity contribution in [2.75, 3.05) is 27.2 Å². The number of amides is 2. The van der Waals surface area contributed by atoms with E-state index >= 15 is 0 Å².